The Kier molecular flexibility index (Phi) is 3.65. The number of aliphatic carboxylic acids is 1. The Labute approximate surface area is 86.1 Å². The third-order valence-electron chi connectivity index (χ3n) is 2.14. The number of halogens is 1. The third-order valence-corrected chi connectivity index (χ3v) is 2.14. The predicted molar refractivity (Wildman–Crippen MR) is 49.2 cm³/mol. The van der Waals surface area contributed by atoms with Crippen molar-refractivity contribution in [3.63, 3.8) is 0 Å². The molecule has 0 aromatic heterocycles. The van der Waals surface area contributed by atoms with Gasteiger partial charge in [0.05, 0.1) is 0 Å². The van der Waals surface area contributed by atoms with Gasteiger partial charge < -0.3 is 9.84 Å². The fourth-order valence-electron chi connectivity index (χ4n) is 1.46. The number of hydrogen-bond donors (Lipinski definition) is 1. The summed E-state index contributed by atoms with van der Waals surface area (Å²) in [5, 5.41) is 8.72. The lowest BCUT2D eigenvalue weighted by atomic mass is 10.2. The first-order chi connectivity index (χ1) is 7.07. The minimum absolute atomic E-state index is 0.0153. The summed E-state index contributed by atoms with van der Waals surface area (Å²) in [5.41, 5.74) is 0. The molecule has 0 aliphatic carbocycles. The standard InChI is InChI=1S/C9H12FNO4/c1-2-5-15-9(14)11-4-3-6(10)7(11)8(12)13/h2,6-7H,1,3-5H2,(H,12,13). The van der Waals surface area contributed by atoms with E-state index in [2.05, 4.69) is 11.3 Å². The lowest BCUT2D eigenvalue weighted by Gasteiger charge is -2.20. The van der Waals surface area contributed by atoms with Gasteiger partial charge in [-0.05, 0) is 6.42 Å². The van der Waals surface area contributed by atoms with Crippen LogP contribution in [0, 0.1) is 0 Å². The number of carbonyl (C=O) groups is 2. The van der Waals surface area contributed by atoms with Crippen LogP contribution in [0.15, 0.2) is 12.7 Å². The van der Waals surface area contributed by atoms with Crippen molar-refractivity contribution in [3.05, 3.63) is 12.7 Å². The number of carbonyl (C=O) groups excluding carboxylic acids is 1. The highest BCUT2D eigenvalue weighted by molar-refractivity contribution is 5.81. The average molecular weight is 217 g/mol. The van der Waals surface area contributed by atoms with Gasteiger partial charge in [-0.1, -0.05) is 12.7 Å². The van der Waals surface area contributed by atoms with E-state index in [0.717, 1.165) is 4.90 Å². The summed E-state index contributed by atoms with van der Waals surface area (Å²) in [6.07, 6.45) is -0.960. The second-order valence-electron chi connectivity index (χ2n) is 3.15. The van der Waals surface area contributed by atoms with Crippen LogP contribution in [0.4, 0.5) is 9.18 Å². The van der Waals surface area contributed by atoms with Gasteiger partial charge in [0.2, 0.25) is 0 Å². The van der Waals surface area contributed by atoms with Crippen LogP contribution >= 0.6 is 0 Å². The van der Waals surface area contributed by atoms with Crippen molar-refractivity contribution in [3.8, 4) is 0 Å². The number of carboxylic acid groups (broad SMARTS) is 1. The largest absolute Gasteiger partial charge is 0.480 e. The first-order valence-electron chi connectivity index (χ1n) is 4.49. The van der Waals surface area contributed by atoms with E-state index in [0.29, 0.717) is 0 Å². The summed E-state index contributed by atoms with van der Waals surface area (Å²) in [5.74, 6) is -1.35. The van der Waals surface area contributed by atoms with Gasteiger partial charge >= 0.3 is 12.1 Å². The van der Waals surface area contributed by atoms with Crippen LogP contribution in [0.5, 0.6) is 0 Å². The molecule has 1 saturated heterocycles. The first kappa shape index (κ1) is 11.5. The molecule has 1 aliphatic rings. The molecule has 0 spiro atoms. The van der Waals surface area contributed by atoms with E-state index in [1.807, 2.05) is 0 Å². The van der Waals surface area contributed by atoms with E-state index in [1.165, 1.54) is 6.08 Å². The lowest BCUT2D eigenvalue weighted by molar-refractivity contribution is -0.143. The minimum atomic E-state index is -1.53. The summed E-state index contributed by atoms with van der Waals surface area (Å²) < 4.78 is 17.8. The maximum Gasteiger partial charge on any atom is 0.410 e. The molecule has 0 bridgehead atoms. The molecule has 1 fully saturated rings. The number of amides is 1. The van der Waals surface area contributed by atoms with Crippen molar-refractivity contribution in [1.82, 2.24) is 4.90 Å². The monoisotopic (exact) mass is 217 g/mol. The summed E-state index contributed by atoms with van der Waals surface area (Å²) in [4.78, 5) is 22.9. The zero-order chi connectivity index (χ0) is 11.4. The highest BCUT2D eigenvalue weighted by Gasteiger charge is 2.43. The van der Waals surface area contributed by atoms with Crippen LogP contribution in [-0.2, 0) is 9.53 Å². The maximum atomic E-state index is 13.1. The van der Waals surface area contributed by atoms with E-state index in [1.54, 1.807) is 0 Å². The lowest BCUT2D eigenvalue weighted by Crippen LogP contribution is -2.44. The SMILES string of the molecule is C=CCOC(=O)N1CCC(F)C1C(=O)O. The van der Waals surface area contributed by atoms with Crippen molar-refractivity contribution in [2.75, 3.05) is 13.2 Å². The van der Waals surface area contributed by atoms with Crippen LogP contribution in [0.1, 0.15) is 6.42 Å². The topological polar surface area (TPSA) is 66.8 Å². The molecule has 15 heavy (non-hydrogen) atoms. The average Bonchev–Trinajstić information content (AvgIpc) is 2.56. The van der Waals surface area contributed by atoms with Gasteiger partial charge in [0, 0.05) is 6.54 Å². The smallest absolute Gasteiger partial charge is 0.410 e. The molecule has 1 amide bonds. The summed E-state index contributed by atoms with van der Waals surface area (Å²) >= 11 is 0. The Balaban J connectivity index is 2.64. The fourth-order valence-corrected chi connectivity index (χ4v) is 1.46. The van der Waals surface area contributed by atoms with Crippen molar-refractivity contribution < 1.29 is 23.8 Å². The van der Waals surface area contributed by atoms with Gasteiger partial charge in [-0.15, -0.1) is 0 Å². The molecule has 1 aliphatic heterocycles. The minimum Gasteiger partial charge on any atom is -0.480 e. The molecular weight excluding hydrogens is 205 g/mol. The number of ether oxygens (including phenoxy) is 1. The van der Waals surface area contributed by atoms with Crippen LogP contribution < -0.4 is 0 Å². The number of rotatable bonds is 3. The van der Waals surface area contributed by atoms with Crippen LogP contribution in [0.3, 0.4) is 0 Å². The molecule has 6 heteroatoms. The maximum absolute atomic E-state index is 13.1. The Hall–Kier alpha value is -1.59. The predicted octanol–water partition coefficient (Wildman–Crippen LogP) is 0.806. The molecule has 84 valence electrons. The van der Waals surface area contributed by atoms with Gasteiger partial charge in [0.25, 0.3) is 0 Å². The molecule has 2 atom stereocenters. The zero-order valence-electron chi connectivity index (χ0n) is 8.06. The third kappa shape index (κ3) is 2.45. The highest BCUT2D eigenvalue weighted by Crippen LogP contribution is 2.21. The van der Waals surface area contributed by atoms with Crippen molar-refractivity contribution in [2.24, 2.45) is 0 Å². The highest BCUT2D eigenvalue weighted by atomic mass is 19.1. The van der Waals surface area contributed by atoms with E-state index in [4.69, 9.17) is 5.11 Å². The molecule has 1 heterocycles. The normalized spacial score (nSPS) is 25.0. The molecule has 1 N–H and O–H groups in total. The van der Waals surface area contributed by atoms with Gasteiger partial charge in [-0.2, -0.15) is 0 Å². The van der Waals surface area contributed by atoms with E-state index in [9.17, 15) is 14.0 Å². The molecule has 0 aromatic carbocycles. The quantitative estimate of drug-likeness (QED) is 0.710. The van der Waals surface area contributed by atoms with Gasteiger partial charge in [0.15, 0.2) is 6.04 Å². The molecule has 2 unspecified atom stereocenters. The summed E-state index contributed by atoms with van der Waals surface area (Å²) in [7, 11) is 0. The number of hydrogen-bond acceptors (Lipinski definition) is 3. The Morgan fingerprint density at radius 1 is 1.67 bits per heavy atom. The Morgan fingerprint density at radius 2 is 2.33 bits per heavy atom. The molecule has 5 nitrogen and oxygen atoms in total. The van der Waals surface area contributed by atoms with Gasteiger partial charge in [-0.25, -0.2) is 14.0 Å². The van der Waals surface area contributed by atoms with Gasteiger partial charge in [-0.3, -0.25) is 4.90 Å². The Morgan fingerprint density at radius 3 is 2.87 bits per heavy atom. The van der Waals surface area contributed by atoms with E-state index < -0.39 is 24.3 Å². The number of carboxylic acids is 1. The number of likely N-dealkylation sites (tertiary alicyclic amines) is 1. The molecule has 1 rings (SSSR count). The van der Waals surface area contributed by atoms with Gasteiger partial charge in [0.1, 0.15) is 12.8 Å². The molecule has 0 aromatic rings. The van der Waals surface area contributed by atoms with Crippen molar-refractivity contribution >= 4 is 12.1 Å². The molecular formula is C9H12FNO4. The number of nitrogens with zero attached hydrogens (tertiary/aromatic N) is 1. The van der Waals surface area contributed by atoms with Crippen molar-refractivity contribution in [1.29, 1.82) is 0 Å². The number of alkyl halides is 1. The van der Waals surface area contributed by atoms with E-state index >= 15 is 0 Å². The van der Waals surface area contributed by atoms with Crippen LogP contribution in [0.2, 0.25) is 0 Å². The Bertz CT molecular complexity index is 281. The van der Waals surface area contributed by atoms with Crippen LogP contribution in [0.25, 0.3) is 0 Å². The zero-order valence-corrected chi connectivity index (χ0v) is 8.06. The van der Waals surface area contributed by atoms with Crippen LogP contribution in [-0.4, -0.2) is 47.4 Å². The van der Waals surface area contributed by atoms with E-state index in [-0.39, 0.29) is 19.6 Å². The van der Waals surface area contributed by atoms with Crippen molar-refractivity contribution in [2.45, 2.75) is 18.6 Å². The molecule has 0 radical (unpaired) electrons. The fraction of sp³-hybridized carbons (Fsp3) is 0.556. The second-order valence-corrected chi connectivity index (χ2v) is 3.15. The molecule has 0 saturated carbocycles. The second kappa shape index (κ2) is 4.77. The summed E-state index contributed by atoms with van der Waals surface area (Å²) in [6, 6.07) is -1.43. The summed E-state index contributed by atoms with van der Waals surface area (Å²) in [6.45, 7) is 3.39. The first-order valence-corrected chi connectivity index (χ1v) is 4.49.